The van der Waals surface area contributed by atoms with Gasteiger partial charge in [0.25, 0.3) is 11.8 Å². The van der Waals surface area contributed by atoms with Crippen molar-refractivity contribution < 1.29 is 45.5 Å². The van der Waals surface area contributed by atoms with Gasteiger partial charge in [-0.3, -0.25) is 14.6 Å². The second-order valence-electron chi connectivity index (χ2n) is 11.4. The van der Waals surface area contributed by atoms with Crippen LogP contribution < -0.4 is 15.8 Å². The Morgan fingerprint density at radius 2 is 1.66 bits per heavy atom. The van der Waals surface area contributed by atoms with Gasteiger partial charge in [0.2, 0.25) is 10.0 Å². The fraction of sp³-hybridized carbons (Fsp3) is 0.400. The maximum absolute atomic E-state index is 13.3. The van der Waals surface area contributed by atoms with Crippen LogP contribution in [0.3, 0.4) is 0 Å². The van der Waals surface area contributed by atoms with Crippen LogP contribution in [0.5, 0.6) is 5.75 Å². The summed E-state index contributed by atoms with van der Waals surface area (Å²) in [6.07, 6.45) is -4.16. The maximum Gasteiger partial charge on any atom is 0.573 e. The fourth-order valence-electron chi connectivity index (χ4n) is 5.84. The van der Waals surface area contributed by atoms with E-state index in [0.717, 1.165) is 17.5 Å². The smallest absolute Gasteiger partial charge is 0.406 e. The minimum atomic E-state index is -4.88. The second kappa shape index (κ2) is 13.0. The largest absolute Gasteiger partial charge is 0.573 e. The zero-order valence-electron chi connectivity index (χ0n) is 25.5. The van der Waals surface area contributed by atoms with E-state index in [4.69, 9.17) is 10.6 Å². The maximum atomic E-state index is 13.3. The van der Waals surface area contributed by atoms with Crippen molar-refractivity contribution in [3.63, 3.8) is 0 Å². The van der Waals surface area contributed by atoms with Gasteiger partial charge in [0.05, 0.1) is 13.1 Å². The van der Waals surface area contributed by atoms with Crippen LogP contribution in [0.2, 0.25) is 0 Å². The summed E-state index contributed by atoms with van der Waals surface area (Å²) in [4.78, 5) is 48.0. The lowest BCUT2D eigenvalue weighted by molar-refractivity contribution is -0.274. The Bertz CT molecular complexity index is 1720. The number of sulfonamides is 1. The molecule has 2 saturated heterocycles. The number of aliphatic imine (C=N–C) groups is 1. The molecular formula is C30H33F3N6O7S. The molecule has 17 heteroatoms. The number of aryl methyl sites for hydroxylation is 2. The Balaban J connectivity index is 1.23. The predicted octanol–water partition coefficient (Wildman–Crippen LogP) is 2.68. The van der Waals surface area contributed by atoms with Crippen LogP contribution in [0.15, 0.2) is 46.8 Å². The van der Waals surface area contributed by atoms with E-state index in [1.165, 1.54) is 27.6 Å². The minimum absolute atomic E-state index is 0.00273. The third kappa shape index (κ3) is 7.74. The van der Waals surface area contributed by atoms with Crippen LogP contribution >= 0.6 is 0 Å². The number of piperazine rings is 1. The molecule has 3 aliphatic rings. The van der Waals surface area contributed by atoms with Gasteiger partial charge in [-0.05, 0) is 73.7 Å². The first-order chi connectivity index (χ1) is 22.0. The zero-order chi connectivity index (χ0) is 34.1. The molecule has 5 rings (SSSR count). The van der Waals surface area contributed by atoms with Crippen LogP contribution in [-0.4, -0.2) is 97.6 Å². The number of ether oxygens (including phenoxy) is 1. The quantitative estimate of drug-likeness (QED) is 0.452. The number of amidine groups is 1. The van der Waals surface area contributed by atoms with E-state index < -0.39 is 39.7 Å². The van der Waals surface area contributed by atoms with Crippen molar-refractivity contribution in [3.8, 4) is 5.75 Å². The van der Waals surface area contributed by atoms with Crippen molar-refractivity contribution in [1.82, 2.24) is 19.6 Å². The molecule has 2 fully saturated rings. The van der Waals surface area contributed by atoms with Crippen molar-refractivity contribution in [2.75, 3.05) is 39.3 Å². The number of hydrogen-bond donors (Lipinski definition) is 2. The predicted molar refractivity (Wildman–Crippen MR) is 163 cm³/mol. The normalized spacial score (nSPS) is 19.1. The summed E-state index contributed by atoms with van der Waals surface area (Å²) in [7, 11) is -3.90. The number of halogens is 3. The number of hydrogen-bond acceptors (Lipinski definition) is 9. The summed E-state index contributed by atoms with van der Waals surface area (Å²) in [5.41, 5.74) is 6.50. The van der Waals surface area contributed by atoms with Crippen molar-refractivity contribution >= 4 is 39.8 Å². The second-order valence-corrected chi connectivity index (χ2v) is 13.2. The standard InChI is InChI=1S/C30H33F3N6O7S/c1-19-16-22(26(40)37-11-13-38(14-12-37)46-28(34)42)17-20(2)24(19)6-15-47(43,44)39-9-7-29(8-10-39)27(41)35-25(36-29)21-4-3-5-23(18-21)45-30(31,32)33/h3-6,15-18H,7-14H2,1-2H3,(H2,34,42)(H,35,36,41)/b15-6+. The number of carbonyl (C=O) groups is 3. The molecule has 3 aliphatic heterocycles. The highest BCUT2D eigenvalue weighted by Crippen LogP contribution is 2.33. The molecule has 252 valence electrons. The molecule has 0 aromatic heterocycles. The number of rotatable bonds is 7. The van der Waals surface area contributed by atoms with Gasteiger partial charge in [-0.1, -0.05) is 12.1 Å². The molecule has 47 heavy (non-hydrogen) atoms. The number of primary amides is 1. The molecule has 2 aromatic carbocycles. The number of amides is 3. The lowest BCUT2D eigenvalue weighted by atomic mass is 9.89. The molecule has 0 bridgehead atoms. The van der Waals surface area contributed by atoms with Gasteiger partial charge in [-0.15, -0.1) is 18.2 Å². The first-order valence-electron chi connectivity index (χ1n) is 14.6. The van der Waals surface area contributed by atoms with E-state index in [0.29, 0.717) is 48.4 Å². The fourth-order valence-corrected chi connectivity index (χ4v) is 7.01. The van der Waals surface area contributed by atoms with Crippen molar-refractivity contribution in [2.45, 2.75) is 38.6 Å². The number of hydroxylamine groups is 2. The molecule has 0 radical (unpaired) electrons. The highest BCUT2D eigenvalue weighted by atomic mass is 32.2. The van der Waals surface area contributed by atoms with E-state index in [1.807, 2.05) is 0 Å². The van der Waals surface area contributed by atoms with E-state index in [9.17, 15) is 36.0 Å². The van der Waals surface area contributed by atoms with Crippen molar-refractivity contribution in [2.24, 2.45) is 10.7 Å². The van der Waals surface area contributed by atoms with Gasteiger partial charge < -0.3 is 25.5 Å². The Morgan fingerprint density at radius 1 is 1.02 bits per heavy atom. The number of nitrogens with one attached hydrogen (secondary N) is 1. The van der Waals surface area contributed by atoms with E-state index in [1.54, 1.807) is 30.9 Å². The summed E-state index contributed by atoms with van der Waals surface area (Å²) >= 11 is 0. The number of nitrogens with zero attached hydrogens (tertiary/aromatic N) is 4. The van der Waals surface area contributed by atoms with Crippen molar-refractivity contribution in [1.29, 1.82) is 0 Å². The minimum Gasteiger partial charge on any atom is -0.406 e. The van der Waals surface area contributed by atoms with Gasteiger partial charge in [-0.25, -0.2) is 13.2 Å². The van der Waals surface area contributed by atoms with Crippen LogP contribution in [-0.2, 0) is 19.7 Å². The number of nitrogens with two attached hydrogens (primary N) is 1. The molecule has 0 unspecified atom stereocenters. The van der Waals surface area contributed by atoms with Crippen LogP contribution in [0, 0.1) is 13.8 Å². The number of carbonyl (C=O) groups excluding carboxylic acids is 3. The summed E-state index contributed by atoms with van der Waals surface area (Å²) in [5, 5.41) is 5.10. The van der Waals surface area contributed by atoms with E-state index >= 15 is 0 Å². The summed E-state index contributed by atoms with van der Waals surface area (Å²) < 4.78 is 69.7. The van der Waals surface area contributed by atoms with Crippen LogP contribution in [0.1, 0.15) is 45.5 Å². The first-order valence-corrected chi connectivity index (χ1v) is 16.1. The Labute approximate surface area is 268 Å². The molecule has 3 N–H and O–H groups in total. The van der Waals surface area contributed by atoms with E-state index in [-0.39, 0.29) is 43.2 Å². The Kier molecular flexibility index (Phi) is 9.34. The number of piperidine rings is 1. The summed E-state index contributed by atoms with van der Waals surface area (Å²) in [5.74, 6) is -1.03. The summed E-state index contributed by atoms with van der Waals surface area (Å²) in [6, 6.07) is 8.47. The first kappa shape index (κ1) is 33.9. The third-order valence-electron chi connectivity index (χ3n) is 8.22. The zero-order valence-corrected chi connectivity index (χ0v) is 26.4. The SMILES string of the molecule is Cc1cc(C(=O)N2CCN(OC(N)=O)CC2)cc(C)c1/C=C/S(=O)(=O)N1CCC2(CC1)N=C(c1cccc(OC(F)(F)F)c1)NC2=O. The lowest BCUT2D eigenvalue weighted by Crippen LogP contribution is -2.50. The number of benzene rings is 2. The molecule has 2 aromatic rings. The van der Waals surface area contributed by atoms with E-state index in [2.05, 4.69) is 15.0 Å². The Hall–Kier alpha value is -4.48. The van der Waals surface area contributed by atoms with Gasteiger partial charge in [-0.2, -0.15) is 4.31 Å². The molecule has 3 amide bonds. The summed E-state index contributed by atoms with van der Waals surface area (Å²) in [6.45, 7) is 4.84. The molecule has 0 aliphatic carbocycles. The van der Waals surface area contributed by atoms with Gasteiger partial charge in [0, 0.05) is 42.7 Å². The lowest BCUT2D eigenvalue weighted by Gasteiger charge is -2.34. The number of alkyl halides is 3. The molecule has 0 atom stereocenters. The highest BCUT2D eigenvalue weighted by Gasteiger charge is 2.47. The molecular weight excluding hydrogens is 645 g/mol. The van der Waals surface area contributed by atoms with Crippen LogP contribution in [0.25, 0.3) is 6.08 Å². The Morgan fingerprint density at radius 3 is 2.26 bits per heavy atom. The van der Waals surface area contributed by atoms with Gasteiger partial charge in [0.15, 0.2) is 0 Å². The van der Waals surface area contributed by atoms with Crippen LogP contribution in [0.4, 0.5) is 18.0 Å². The molecule has 1 spiro atoms. The monoisotopic (exact) mass is 678 g/mol. The third-order valence-corrected chi connectivity index (χ3v) is 9.79. The molecule has 0 saturated carbocycles. The average molecular weight is 679 g/mol. The average Bonchev–Trinajstić information content (AvgIpc) is 3.30. The highest BCUT2D eigenvalue weighted by molar-refractivity contribution is 7.92. The van der Waals surface area contributed by atoms with Gasteiger partial charge in [0.1, 0.15) is 17.1 Å². The van der Waals surface area contributed by atoms with Crippen molar-refractivity contribution in [3.05, 3.63) is 69.6 Å². The molecule has 3 heterocycles. The topological polar surface area (TPSA) is 164 Å². The van der Waals surface area contributed by atoms with Gasteiger partial charge >= 0.3 is 12.5 Å². The molecule has 13 nitrogen and oxygen atoms in total.